The Morgan fingerprint density at radius 3 is 2.40 bits per heavy atom. The van der Waals surface area contributed by atoms with Gasteiger partial charge < -0.3 is 0 Å². The molecule has 0 atom stereocenters. The van der Waals surface area contributed by atoms with E-state index in [1.807, 2.05) is 19.2 Å². The molecule has 2 heterocycles. The molecule has 0 spiro atoms. The van der Waals surface area contributed by atoms with Crippen molar-refractivity contribution in [1.29, 1.82) is 0 Å². The van der Waals surface area contributed by atoms with E-state index in [9.17, 15) is 0 Å². The van der Waals surface area contributed by atoms with Gasteiger partial charge in [-0.3, -0.25) is 9.97 Å². The zero-order valence-corrected chi connectivity index (χ0v) is 13.1. The second-order valence-electron chi connectivity index (χ2n) is 6.47. The number of pyridine rings is 2. The second kappa shape index (κ2) is 5.74. The number of aromatic nitrogens is 2. The van der Waals surface area contributed by atoms with E-state index < -0.39 is 0 Å². The Balaban J connectivity index is 2.19. The van der Waals surface area contributed by atoms with Gasteiger partial charge in [-0.05, 0) is 43.0 Å². The summed E-state index contributed by atoms with van der Waals surface area (Å²) >= 11 is 0. The third-order valence-electron chi connectivity index (χ3n) is 3.67. The van der Waals surface area contributed by atoms with E-state index in [4.69, 9.17) is 0 Å². The minimum atomic E-state index is 0.0209. The van der Waals surface area contributed by atoms with Crippen molar-refractivity contribution < 1.29 is 0 Å². The van der Waals surface area contributed by atoms with Crippen LogP contribution in [0.2, 0.25) is 0 Å². The average Bonchev–Trinajstić information content (AvgIpc) is 2.39. The van der Waals surface area contributed by atoms with Crippen LogP contribution in [0.5, 0.6) is 0 Å². The lowest BCUT2D eigenvalue weighted by Gasteiger charge is -2.24. The first kappa shape index (κ1) is 14.7. The number of rotatable bonds is 4. The molecule has 0 saturated heterocycles. The minimum Gasteiger partial charge on any atom is -0.261 e. The summed E-state index contributed by atoms with van der Waals surface area (Å²) in [5.74, 6) is 0.482. The predicted molar refractivity (Wildman–Crippen MR) is 84.0 cm³/mol. The molecule has 2 nitrogen and oxygen atoms in total. The van der Waals surface area contributed by atoms with Gasteiger partial charge in [0.2, 0.25) is 0 Å². The van der Waals surface area contributed by atoms with Gasteiger partial charge in [0, 0.05) is 28.7 Å². The SMILES string of the molecule is Cc1cccc(C(C)(C)Cc2ccc(C(C)C)nc2)n1. The number of hydrogen-bond donors (Lipinski definition) is 0. The Bertz CT molecular complexity index is 568. The molecule has 0 bridgehead atoms. The van der Waals surface area contributed by atoms with Gasteiger partial charge >= 0.3 is 0 Å². The van der Waals surface area contributed by atoms with Crippen LogP contribution < -0.4 is 0 Å². The molecule has 106 valence electrons. The van der Waals surface area contributed by atoms with Crippen LogP contribution in [-0.4, -0.2) is 9.97 Å². The molecule has 0 N–H and O–H groups in total. The topological polar surface area (TPSA) is 25.8 Å². The highest BCUT2D eigenvalue weighted by molar-refractivity contribution is 5.24. The monoisotopic (exact) mass is 268 g/mol. The second-order valence-corrected chi connectivity index (χ2v) is 6.47. The van der Waals surface area contributed by atoms with E-state index in [1.54, 1.807) is 0 Å². The van der Waals surface area contributed by atoms with Crippen LogP contribution in [0.1, 0.15) is 56.3 Å². The Labute approximate surface area is 122 Å². The van der Waals surface area contributed by atoms with Crippen molar-refractivity contribution in [1.82, 2.24) is 9.97 Å². The maximum absolute atomic E-state index is 4.67. The lowest BCUT2D eigenvalue weighted by Crippen LogP contribution is -2.22. The number of hydrogen-bond acceptors (Lipinski definition) is 2. The summed E-state index contributed by atoms with van der Waals surface area (Å²) in [5, 5.41) is 0. The summed E-state index contributed by atoms with van der Waals surface area (Å²) in [4.78, 5) is 9.22. The van der Waals surface area contributed by atoms with Crippen LogP contribution in [0.25, 0.3) is 0 Å². The van der Waals surface area contributed by atoms with Crippen LogP contribution in [0.4, 0.5) is 0 Å². The van der Waals surface area contributed by atoms with Gasteiger partial charge in [0.25, 0.3) is 0 Å². The van der Waals surface area contributed by atoms with E-state index >= 15 is 0 Å². The Kier molecular flexibility index (Phi) is 4.22. The van der Waals surface area contributed by atoms with Crippen LogP contribution in [0.3, 0.4) is 0 Å². The minimum absolute atomic E-state index is 0.0209. The summed E-state index contributed by atoms with van der Waals surface area (Å²) < 4.78 is 0. The quantitative estimate of drug-likeness (QED) is 0.820. The molecule has 0 radical (unpaired) electrons. The molecule has 0 amide bonds. The highest BCUT2D eigenvalue weighted by atomic mass is 14.7. The van der Waals surface area contributed by atoms with Crippen LogP contribution in [-0.2, 0) is 11.8 Å². The van der Waals surface area contributed by atoms with Gasteiger partial charge in [-0.1, -0.05) is 39.8 Å². The first-order chi connectivity index (χ1) is 9.38. The fourth-order valence-electron chi connectivity index (χ4n) is 2.40. The standard InChI is InChI=1S/C18H24N2/c1-13(2)16-10-9-15(12-19-16)11-18(4,5)17-8-6-7-14(3)20-17/h6-10,12-13H,11H2,1-5H3. The third kappa shape index (κ3) is 3.44. The van der Waals surface area contributed by atoms with Gasteiger partial charge in [0.05, 0.1) is 0 Å². The van der Waals surface area contributed by atoms with Crippen molar-refractivity contribution in [2.45, 2.75) is 52.4 Å². The maximum Gasteiger partial charge on any atom is 0.0466 e. The third-order valence-corrected chi connectivity index (χ3v) is 3.67. The summed E-state index contributed by atoms with van der Waals surface area (Å²) in [6.07, 6.45) is 2.96. The fraction of sp³-hybridized carbons (Fsp3) is 0.444. The molecule has 2 heteroatoms. The zero-order valence-electron chi connectivity index (χ0n) is 13.1. The summed E-state index contributed by atoms with van der Waals surface area (Å²) in [6.45, 7) is 10.9. The van der Waals surface area contributed by atoms with Gasteiger partial charge in [-0.25, -0.2) is 0 Å². The summed E-state index contributed by atoms with van der Waals surface area (Å²) in [5.41, 5.74) is 4.66. The van der Waals surface area contributed by atoms with Crippen LogP contribution in [0, 0.1) is 6.92 Å². The molecule has 2 rings (SSSR count). The predicted octanol–water partition coefficient (Wildman–Crippen LogP) is 4.43. The highest BCUT2D eigenvalue weighted by Gasteiger charge is 2.23. The smallest absolute Gasteiger partial charge is 0.0466 e. The first-order valence-electron chi connectivity index (χ1n) is 7.27. The van der Waals surface area contributed by atoms with Crippen molar-refractivity contribution in [3.8, 4) is 0 Å². The molecule has 0 aliphatic rings. The van der Waals surface area contributed by atoms with E-state index in [0.717, 1.165) is 23.5 Å². The van der Waals surface area contributed by atoms with Crippen molar-refractivity contribution in [2.75, 3.05) is 0 Å². The van der Waals surface area contributed by atoms with Crippen molar-refractivity contribution in [3.05, 3.63) is 59.2 Å². The molecule has 20 heavy (non-hydrogen) atoms. The number of nitrogens with zero attached hydrogens (tertiary/aromatic N) is 2. The van der Waals surface area contributed by atoms with E-state index in [2.05, 4.69) is 61.9 Å². The molecule has 2 aromatic heterocycles. The lowest BCUT2D eigenvalue weighted by atomic mass is 9.82. The van der Waals surface area contributed by atoms with Gasteiger partial charge in [-0.2, -0.15) is 0 Å². The Morgan fingerprint density at radius 2 is 1.85 bits per heavy atom. The highest BCUT2D eigenvalue weighted by Crippen LogP contribution is 2.26. The maximum atomic E-state index is 4.67. The molecule has 0 saturated carbocycles. The normalized spacial score (nSPS) is 11.9. The molecule has 0 fully saturated rings. The lowest BCUT2D eigenvalue weighted by molar-refractivity contribution is 0.503. The molecule has 2 aromatic rings. The van der Waals surface area contributed by atoms with Gasteiger partial charge in [0.15, 0.2) is 0 Å². The Morgan fingerprint density at radius 1 is 1.10 bits per heavy atom. The van der Waals surface area contributed by atoms with Crippen LogP contribution in [0.15, 0.2) is 36.5 Å². The molecule has 0 unspecified atom stereocenters. The van der Waals surface area contributed by atoms with Crippen molar-refractivity contribution >= 4 is 0 Å². The van der Waals surface area contributed by atoms with Gasteiger partial charge in [0.1, 0.15) is 0 Å². The molecular formula is C18H24N2. The van der Waals surface area contributed by atoms with Crippen LogP contribution >= 0.6 is 0 Å². The van der Waals surface area contributed by atoms with E-state index in [-0.39, 0.29) is 5.41 Å². The zero-order chi connectivity index (χ0) is 14.8. The summed E-state index contributed by atoms with van der Waals surface area (Å²) in [6, 6.07) is 10.6. The van der Waals surface area contributed by atoms with Gasteiger partial charge in [-0.15, -0.1) is 0 Å². The summed E-state index contributed by atoms with van der Waals surface area (Å²) in [7, 11) is 0. The number of aryl methyl sites for hydroxylation is 1. The largest absolute Gasteiger partial charge is 0.261 e. The average molecular weight is 268 g/mol. The van der Waals surface area contributed by atoms with E-state index in [1.165, 1.54) is 5.56 Å². The first-order valence-corrected chi connectivity index (χ1v) is 7.27. The molecule has 0 aliphatic heterocycles. The molecule has 0 aliphatic carbocycles. The van der Waals surface area contributed by atoms with Crippen molar-refractivity contribution in [3.63, 3.8) is 0 Å². The molecular weight excluding hydrogens is 244 g/mol. The van der Waals surface area contributed by atoms with E-state index in [0.29, 0.717) is 5.92 Å². The fourth-order valence-corrected chi connectivity index (χ4v) is 2.40. The molecule has 0 aromatic carbocycles. The Hall–Kier alpha value is -1.70. The van der Waals surface area contributed by atoms with Crippen molar-refractivity contribution in [2.24, 2.45) is 0 Å².